The first-order valence-electron chi connectivity index (χ1n) is 8.36. The molecule has 0 saturated carbocycles. The van der Waals surface area contributed by atoms with Crippen LogP contribution in [-0.4, -0.2) is 40.1 Å². The Kier molecular flexibility index (Phi) is 4.71. The molecule has 1 N–H and O–H groups in total. The summed E-state index contributed by atoms with van der Waals surface area (Å²) in [6.45, 7) is 9.33. The van der Waals surface area contributed by atoms with E-state index in [1.165, 1.54) is 0 Å². The average Bonchev–Trinajstić information content (AvgIpc) is 3.12. The van der Waals surface area contributed by atoms with Gasteiger partial charge in [0.1, 0.15) is 11.5 Å². The summed E-state index contributed by atoms with van der Waals surface area (Å²) >= 11 is 0. The van der Waals surface area contributed by atoms with E-state index in [0.717, 1.165) is 31.7 Å². The Labute approximate surface area is 141 Å². The highest BCUT2D eigenvalue weighted by molar-refractivity contribution is 5.95. The quantitative estimate of drug-likeness (QED) is 0.926. The average molecular weight is 332 g/mol. The van der Waals surface area contributed by atoms with E-state index in [9.17, 15) is 4.79 Å². The van der Waals surface area contributed by atoms with Crippen LogP contribution >= 0.6 is 0 Å². The van der Waals surface area contributed by atoms with Gasteiger partial charge in [-0.05, 0) is 46.6 Å². The Hall–Kier alpha value is -2.15. The molecule has 3 rings (SSSR count). The number of aryl methyl sites for hydroxylation is 3. The Morgan fingerprint density at radius 1 is 1.33 bits per heavy atom. The molecule has 2 aromatic heterocycles. The predicted octanol–water partition coefficient (Wildman–Crippen LogP) is 2.54. The number of hydrogen-bond donors (Lipinski definition) is 1. The minimum atomic E-state index is -0.0524. The van der Waals surface area contributed by atoms with Crippen molar-refractivity contribution in [1.82, 2.24) is 20.4 Å². The fourth-order valence-electron chi connectivity index (χ4n) is 3.19. The number of hydrogen-bond acceptors (Lipinski definition) is 6. The smallest absolute Gasteiger partial charge is 0.255 e. The Bertz CT molecular complexity index is 713. The summed E-state index contributed by atoms with van der Waals surface area (Å²) in [5.74, 6) is 2.69. The molecule has 1 amide bonds. The van der Waals surface area contributed by atoms with E-state index in [4.69, 9.17) is 8.94 Å². The lowest BCUT2D eigenvalue weighted by atomic mass is 10.0. The molecule has 0 bridgehead atoms. The van der Waals surface area contributed by atoms with Crippen molar-refractivity contribution in [3.63, 3.8) is 0 Å². The van der Waals surface area contributed by atoms with Crippen LogP contribution in [0.1, 0.15) is 59.4 Å². The lowest BCUT2D eigenvalue weighted by Gasteiger charge is -2.34. The number of piperidine rings is 1. The van der Waals surface area contributed by atoms with Gasteiger partial charge in [-0.2, -0.15) is 4.98 Å². The molecule has 1 unspecified atom stereocenters. The van der Waals surface area contributed by atoms with Crippen LogP contribution in [0.25, 0.3) is 0 Å². The standard InChI is InChI=1S/C17H24N4O3/c1-10-9-15(12(3)23-10)16(22)19-14-5-7-21(8-6-14)11(2)17-18-13(4)20-24-17/h9,11,14H,5-8H2,1-4H3,(H,19,22). The third-order valence-corrected chi connectivity index (χ3v) is 4.60. The highest BCUT2D eigenvalue weighted by Gasteiger charge is 2.27. The van der Waals surface area contributed by atoms with Crippen molar-refractivity contribution in [3.05, 3.63) is 34.9 Å². The maximum Gasteiger partial charge on any atom is 0.255 e. The van der Waals surface area contributed by atoms with Crippen LogP contribution in [0.5, 0.6) is 0 Å². The Morgan fingerprint density at radius 2 is 2.04 bits per heavy atom. The summed E-state index contributed by atoms with van der Waals surface area (Å²) in [6, 6.07) is 2.07. The Balaban J connectivity index is 1.53. The zero-order valence-corrected chi connectivity index (χ0v) is 14.6. The molecular formula is C17H24N4O3. The summed E-state index contributed by atoms with van der Waals surface area (Å²) in [7, 11) is 0. The summed E-state index contributed by atoms with van der Waals surface area (Å²) in [5, 5.41) is 6.97. The van der Waals surface area contributed by atoms with Crippen molar-refractivity contribution in [2.75, 3.05) is 13.1 Å². The molecule has 1 atom stereocenters. The predicted molar refractivity (Wildman–Crippen MR) is 87.7 cm³/mol. The van der Waals surface area contributed by atoms with Crippen LogP contribution < -0.4 is 5.32 Å². The molecule has 0 aromatic carbocycles. The minimum absolute atomic E-state index is 0.0524. The number of furan rings is 1. The zero-order chi connectivity index (χ0) is 17.3. The number of likely N-dealkylation sites (tertiary alicyclic amines) is 1. The number of carbonyl (C=O) groups is 1. The van der Waals surface area contributed by atoms with Gasteiger partial charge in [-0.15, -0.1) is 0 Å². The van der Waals surface area contributed by atoms with Crippen LogP contribution in [0.2, 0.25) is 0 Å². The molecule has 3 heterocycles. The van der Waals surface area contributed by atoms with Crippen molar-refractivity contribution in [3.8, 4) is 0 Å². The van der Waals surface area contributed by atoms with E-state index >= 15 is 0 Å². The first-order chi connectivity index (χ1) is 11.4. The molecule has 0 radical (unpaired) electrons. The minimum Gasteiger partial charge on any atom is -0.466 e. The van der Waals surface area contributed by atoms with E-state index in [2.05, 4.69) is 27.3 Å². The molecule has 1 aliphatic rings. The van der Waals surface area contributed by atoms with Crippen LogP contribution in [0, 0.1) is 20.8 Å². The van der Waals surface area contributed by atoms with Crippen molar-refractivity contribution in [2.45, 2.75) is 52.6 Å². The maximum absolute atomic E-state index is 12.4. The van der Waals surface area contributed by atoms with Gasteiger partial charge in [0.25, 0.3) is 5.91 Å². The highest BCUT2D eigenvalue weighted by atomic mass is 16.5. The summed E-state index contributed by atoms with van der Waals surface area (Å²) in [4.78, 5) is 19.0. The van der Waals surface area contributed by atoms with Gasteiger partial charge in [-0.25, -0.2) is 0 Å². The van der Waals surface area contributed by atoms with Gasteiger partial charge in [-0.1, -0.05) is 5.16 Å². The van der Waals surface area contributed by atoms with Gasteiger partial charge < -0.3 is 14.3 Å². The molecule has 0 spiro atoms. The van der Waals surface area contributed by atoms with Gasteiger partial charge in [0, 0.05) is 19.1 Å². The van der Waals surface area contributed by atoms with Crippen LogP contribution in [0.4, 0.5) is 0 Å². The summed E-state index contributed by atoms with van der Waals surface area (Å²) in [6.07, 6.45) is 1.80. The van der Waals surface area contributed by atoms with Crippen molar-refractivity contribution in [2.24, 2.45) is 0 Å². The van der Waals surface area contributed by atoms with Crippen LogP contribution in [-0.2, 0) is 0 Å². The Morgan fingerprint density at radius 3 is 2.58 bits per heavy atom. The van der Waals surface area contributed by atoms with Gasteiger partial charge in [0.15, 0.2) is 5.82 Å². The second kappa shape index (κ2) is 6.76. The van der Waals surface area contributed by atoms with E-state index in [1.54, 1.807) is 6.07 Å². The largest absolute Gasteiger partial charge is 0.466 e. The number of nitrogens with one attached hydrogen (secondary N) is 1. The molecule has 1 saturated heterocycles. The third kappa shape index (κ3) is 3.51. The topological polar surface area (TPSA) is 84.4 Å². The van der Waals surface area contributed by atoms with E-state index in [1.807, 2.05) is 20.8 Å². The number of amides is 1. The second-order valence-electron chi connectivity index (χ2n) is 6.47. The second-order valence-corrected chi connectivity index (χ2v) is 6.47. The van der Waals surface area contributed by atoms with Crippen molar-refractivity contribution >= 4 is 5.91 Å². The maximum atomic E-state index is 12.4. The molecule has 1 fully saturated rings. The molecular weight excluding hydrogens is 308 g/mol. The summed E-state index contributed by atoms with van der Waals surface area (Å²) < 4.78 is 10.7. The lowest BCUT2D eigenvalue weighted by Crippen LogP contribution is -2.45. The SMILES string of the molecule is Cc1noc(C(C)N2CCC(NC(=O)c3cc(C)oc3C)CC2)n1. The molecule has 2 aromatic rings. The third-order valence-electron chi connectivity index (χ3n) is 4.60. The lowest BCUT2D eigenvalue weighted by molar-refractivity contribution is 0.0880. The molecule has 0 aliphatic carbocycles. The molecule has 1 aliphatic heterocycles. The highest BCUT2D eigenvalue weighted by Crippen LogP contribution is 2.23. The summed E-state index contributed by atoms with van der Waals surface area (Å²) in [5.41, 5.74) is 0.629. The number of aromatic nitrogens is 2. The monoisotopic (exact) mass is 332 g/mol. The fraction of sp³-hybridized carbons (Fsp3) is 0.588. The van der Waals surface area contributed by atoms with Crippen molar-refractivity contribution in [1.29, 1.82) is 0 Å². The first-order valence-corrected chi connectivity index (χ1v) is 8.36. The normalized spacial score (nSPS) is 17.8. The number of nitrogens with zero attached hydrogens (tertiary/aromatic N) is 3. The van der Waals surface area contributed by atoms with E-state index in [0.29, 0.717) is 23.0 Å². The molecule has 130 valence electrons. The fourth-order valence-corrected chi connectivity index (χ4v) is 3.19. The number of carbonyl (C=O) groups excluding carboxylic acids is 1. The van der Waals surface area contributed by atoms with Gasteiger partial charge in [0.05, 0.1) is 11.6 Å². The first kappa shape index (κ1) is 16.7. The molecule has 24 heavy (non-hydrogen) atoms. The zero-order valence-electron chi connectivity index (χ0n) is 14.6. The molecule has 7 nitrogen and oxygen atoms in total. The van der Waals surface area contributed by atoms with Crippen LogP contribution in [0.3, 0.4) is 0 Å². The van der Waals surface area contributed by atoms with Crippen molar-refractivity contribution < 1.29 is 13.7 Å². The van der Waals surface area contributed by atoms with E-state index < -0.39 is 0 Å². The number of rotatable bonds is 4. The van der Waals surface area contributed by atoms with Gasteiger partial charge in [0.2, 0.25) is 5.89 Å². The van der Waals surface area contributed by atoms with Gasteiger partial charge in [-0.3, -0.25) is 9.69 Å². The molecule has 7 heteroatoms. The van der Waals surface area contributed by atoms with E-state index in [-0.39, 0.29) is 18.0 Å². The van der Waals surface area contributed by atoms with Crippen LogP contribution in [0.15, 0.2) is 15.0 Å². The van der Waals surface area contributed by atoms with Gasteiger partial charge >= 0.3 is 0 Å².